The molecule has 1 aromatic carbocycles. The largest absolute Gasteiger partial charge is 0.469 e. The van der Waals surface area contributed by atoms with Crippen LogP contribution >= 0.6 is 22.6 Å². The zero-order chi connectivity index (χ0) is 16.4. The highest BCUT2D eigenvalue weighted by Crippen LogP contribution is 2.38. The number of rotatable bonds is 5. The van der Waals surface area contributed by atoms with Gasteiger partial charge in [0.15, 0.2) is 0 Å². The van der Waals surface area contributed by atoms with E-state index in [0.717, 1.165) is 3.57 Å². The van der Waals surface area contributed by atoms with E-state index in [0.29, 0.717) is 24.2 Å². The van der Waals surface area contributed by atoms with Gasteiger partial charge in [-0.2, -0.15) is 0 Å². The van der Waals surface area contributed by atoms with E-state index >= 15 is 4.39 Å². The Bertz CT molecular complexity index is 534. The SMILES string of the molecule is COC(=O)C(CN1C2CCCC1CC2)C(F)c1ccc(I)cc1. The minimum absolute atomic E-state index is 0.443. The molecule has 2 aliphatic heterocycles. The Morgan fingerprint density at radius 3 is 2.43 bits per heavy atom. The summed E-state index contributed by atoms with van der Waals surface area (Å²) < 4.78 is 21.0. The van der Waals surface area contributed by atoms with Gasteiger partial charge in [-0.1, -0.05) is 18.6 Å². The number of halogens is 2. The maximum Gasteiger partial charge on any atom is 0.313 e. The van der Waals surface area contributed by atoms with Crippen LogP contribution in [0.15, 0.2) is 24.3 Å². The fourth-order valence-corrected chi connectivity index (χ4v) is 4.43. The molecule has 126 valence electrons. The number of esters is 1. The molecule has 2 aliphatic rings. The molecule has 2 bridgehead atoms. The lowest BCUT2D eigenvalue weighted by Crippen LogP contribution is -2.45. The summed E-state index contributed by atoms with van der Waals surface area (Å²) in [6, 6.07) is 8.33. The Hall–Kier alpha value is -0.690. The molecular formula is C18H23FINO2. The number of benzene rings is 1. The zero-order valence-corrected chi connectivity index (χ0v) is 15.5. The first kappa shape index (κ1) is 17.1. The number of carbonyl (C=O) groups is 1. The summed E-state index contributed by atoms with van der Waals surface area (Å²) in [5.41, 5.74) is 0.560. The van der Waals surface area contributed by atoms with Crippen molar-refractivity contribution in [1.29, 1.82) is 0 Å². The van der Waals surface area contributed by atoms with E-state index < -0.39 is 18.1 Å². The van der Waals surface area contributed by atoms with Crippen molar-refractivity contribution in [1.82, 2.24) is 4.90 Å². The van der Waals surface area contributed by atoms with Crippen LogP contribution in [0.25, 0.3) is 0 Å². The highest BCUT2D eigenvalue weighted by Gasteiger charge is 2.41. The number of hydrogen-bond acceptors (Lipinski definition) is 3. The van der Waals surface area contributed by atoms with E-state index in [1.54, 1.807) is 12.1 Å². The minimum atomic E-state index is -1.32. The van der Waals surface area contributed by atoms with E-state index in [9.17, 15) is 4.79 Å². The molecule has 2 fully saturated rings. The van der Waals surface area contributed by atoms with Gasteiger partial charge in [-0.05, 0) is 66.0 Å². The second-order valence-electron chi connectivity index (χ2n) is 6.60. The van der Waals surface area contributed by atoms with Gasteiger partial charge in [-0.3, -0.25) is 9.69 Å². The van der Waals surface area contributed by atoms with E-state index in [1.807, 2.05) is 12.1 Å². The summed E-state index contributed by atoms with van der Waals surface area (Å²) in [6.07, 6.45) is 4.64. The Labute approximate surface area is 150 Å². The van der Waals surface area contributed by atoms with Crippen LogP contribution in [0.4, 0.5) is 4.39 Å². The normalized spacial score (nSPS) is 26.7. The summed E-state index contributed by atoms with van der Waals surface area (Å²) in [5, 5.41) is 0. The number of nitrogens with zero attached hydrogens (tertiary/aromatic N) is 1. The number of fused-ring (bicyclic) bond motifs is 2. The van der Waals surface area contributed by atoms with Crippen LogP contribution in [-0.2, 0) is 9.53 Å². The summed E-state index contributed by atoms with van der Waals surface area (Å²) in [6.45, 7) is 0.467. The lowest BCUT2D eigenvalue weighted by Gasteiger charge is -2.37. The molecule has 5 heteroatoms. The number of piperidine rings is 1. The number of ether oxygens (including phenoxy) is 1. The van der Waals surface area contributed by atoms with Crippen molar-refractivity contribution in [2.24, 2.45) is 5.92 Å². The summed E-state index contributed by atoms with van der Waals surface area (Å²) >= 11 is 2.19. The fraction of sp³-hybridized carbons (Fsp3) is 0.611. The van der Waals surface area contributed by atoms with Crippen LogP contribution in [0.2, 0.25) is 0 Å². The molecule has 4 unspecified atom stereocenters. The van der Waals surface area contributed by atoms with Gasteiger partial charge in [0.1, 0.15) is 12.1 Å². The number of alkyl halides is 1. The van der Waals surface area contributed by atoms with Crippen LogP contribution < -0.4 is 0 Å². The van der Waals surface area contributed by atoms with Gasteiger partial charge in [0.25, 0.3) is 0 Å². The first-order valence-corrected chi connectivity index (χ1v) is 9.41. The summed E-state index contributed by atoms with van der Waals surface area (Å²) in [7, 11) is 1.35. The molecule has 0 radical (unpaired) electrons. The summed E-state index contributed by atoms with van der Waals surface area (Å²) in [4.78, 5) is 14.6. The van der Waals surface area contributed by atoms with E-state index in [1.165, 1.54) is 39.2 Å². The van der Waals surface area contributed by atoms with Crippen LogP contribution in [0, 0.1) is 9.49 Å². The first-order valence-electron chi connectivity index (χ1n) is 8.33. The third-order valence-electron chi connectivity index (χ3n) is 5.30. The average molecular weight is 431 g/mol. The van der Waals surface area contributed by atoms with Crippen molar-refractivity contribution < 1.29 is 13.9 Å². The molecule has 23 heavy (non-hydrogen) atoms. The third-order valence-corrected chi connectivity index (χ3v) is 6.02. The highest BCUT2D eigenvalue weighted by atomic mass is 127. The van der Waals surface area contributed by atoms with Gasteiger partial charge in [0.05, 0.1) is 7.11 Å². The van der Waals surface area contributed by atoms with Crippen molar-refractivity contribution in [3.05, 3.63) is 33.4 Å². The van der Waals surface area contributed by atoms with Crippen molar-refractivity contribution in [2.75, 3.05) is 13.7 Å². The Morgan fingerprint density at radius 2 is 1.87 bits per heavy atom. The third kappa shape index (κ3) is 3.71. The Morgan fingerprint density at radius 1 is 1.26 bits per heavy atom. The molecule has 3 nitrogen and oxygen atoms in total. The topological polar surface area (TPSA) is 29.5 Å². The van der Waals surface area contributed by atoms with Gasteiger partial charge in [-0.25, -0.2) is 4.39 Å². The molecule has 0 amide bonds. The molecule has 0 spiro atoms. The molecule has 2 saturated heterocycles. The maximum atomic E-state index is 15.1. The molecule has 3 rings (SSSR count). The zero-order valence-electron chi connectivity index (χ0n) is 13.4. The van der Waals surface area contributed by atoms with Gasteiger partial charge in [0, 0.05) is 22.2 Å². The number of carbonyl (C=O) groups excluding carboxylic acids is 1. The maximum absolute atomic E-state index is 15.1. The fourth-order valence-electron chi connectivity index (χ4n) is 4.07. The van der Waals surface area contributed by atoms with Crippen molar-refractivity contribution in [2.45, 2.75) is 50.4 Å². The second-order valence-corrected chi connectivity index (χ2v) is 7.84. The van der Waals surface area contributed by atoms with Gasteiger partial charge in [-0.15, -0.1) is 0 Å². The van der Waals surface area contributed by atoms with Gasteiger partial charge < -0.3 is 4.74 Å². The predicted octanol–water partition coefficient (Wildman–Crippen LogP) is 4.11. The van der Waals surface area contributed by atoms with E-state index in [4.69, 9.17) is 4.74 Å². The van der Waals surface area contributed by atoms with Crippen LogP contribution in [0.5, 0.6) is 0 Å². The smallest absolute Gasteiger partial charge is 0.313 e. The standard InChI is InChI=1S/C18H23FINO2/c1-23-18(22)16(17(19)12-5-7-13(20)8-6-12)11-21-14-3-2-4-15(21)10-9-14/h5-8,14-17H,2-4,9-11H2,1H3. The molecule has 0 aromatic heterocycles. The first-order chi connectivity index (χ1) is 11.1. The molecule has 0 N–H and O–H groups in total. The molecule has 4 atom stereocenters. The van der Waals surface area contributed by atoms with Crippen LogP contribution in [0.1, 0.15) is 43.8 Å². The predicted molar refractivity (Wildman–Crippen MR) is 95.9 cm³/mol. The molecular weight excluding hydrogens is 408 g/mol. The van der Waals surface area contributed by atoms with Crippen molar-refractivity contribution in [3.63, 3.8) is 0 Å². The summed E-state index contributed by atoms with van der Waals surface area (Å²) in [5.74, 6) is -1.19. The van der Waals surface area contributed by atoms with E-state index in [-0.39, 0.29) is 0 Å². The van der Waals surface area contributed by atoms with E-state index in [2.05, 4.69) is 27.5 Å². The van der Waals surface area contributed by atoms with Crippen LogP contribution in [-0.4, -0.2) is 36.6 Å². The number of methoxy groups -OCH3 is 1. The number of hydrogen-bond donors (Lipinski definition) is 0. The molecule has 0 saturated carbocycles. The molecule has 1 aromatic rings. The quantitative estimate of drug-likeness (QED) is 0.519. The highest BCUT2D eigenvalue weighted by molar-refractivity contribution is 14.1. The Kier molecular flexibility index (Phi) is 5.57. The molecule has 2 heterocycles. The Balaban J connectivity index is 1.77. The van der Waals surface area contributed by atoms with Crippen molar-refractivity contribution >= 4 is 28.6 Å². The van der Waals surface area contributed by atoms with Crippen LogP contribution in [0.3, 0.4) is 0 Å². The van der Waals surface area contributed by atoms with Gasteiger partial charge >= 0.3 is 5.97 Å². The second kappa shape index (κ2) is 7.47. The lowest BCUT2D eigenvalue weighted by atomic mass is 9.94. The van der Waals surface area contributed by atoms with Crippen molar-refractivity contribution in [3.8, 4) is 0 Å². The molecule has 0 aliphatic carbocycles. The minimum Gasteiger partial charge on any atom is -0.469 e. The lowest BCUT2D eigenvalue weighted by molar-refractivity contribution is -0.149. The van der Waals surface area contributed by atoms with Gasteiger partial charge in [0.2, 0.25) is 0 Å². The average Bonchev–Trinajstić information content (AvgIpc) is 2.79. The monoisotopic (exact) mass is 431 g/mol.